The van der Waals surface area contributed by atoms with Crippen molar-refractivity contribution in [2.75, 3.05) is 13.7 Å². The second-order valence-electron chi connectivity index (χ2n) is 8.23. The van der Waals surface area contributed by atoms with Crippen LogP contribution in [0.25, 0.3) is 0 Å². The number of amides is 1. The van der Waals surface area contributed by atoms with Crippen molar-refractivity contribution in [1.29, 1.82) is 0 Å². The smallest absolute Gasteiger partial charge is 0.337 e. The summed E-state index contributed by atoms with van der Waals surface area (Å²) in [4.78, 5) is 26.9. The zero-order valence-corrected chi connectivity index (χ0v) is 20.7. The van der Waals surface area contributed by atoms with Crippen LogP contribution in [0.5, 0.6) is 11.5 Å². The van der Waals surface area contributed by atoms with E-state index in [2.05, 4.69) is 0 Å². The highest BCUT2D eigenvalue weighted by atomic mass is 35.5. The number of methoxy groups -OCH3 is 1. The molecule has 0 aromatic heterocycles. The largest absolute Gasteiger partial charge is 0.465 e. The van der Waals surface area contributed by atoms with Crippen LogP contribution in [0, 0.1) is 0 Å². The van der Waals surface area contributed by atoms with Crippen molar-refractivity contribution in [3.63, 3.8) is 0 Å². The van der Waals surface area contributed by atoms with E-state index >= 15 is 0 Å². The first-order valence-electron chi connectivity index (χ1n) is 11.6. The number of carbonyl (C=O) groups excluding carboxylic acids is 2. The topological polar surface area (TPSA) is 55.8 Å². The number of hydrogen-bond acceptors (Lipinski definition) is 4. The van der Waals surface area contributed by atoms with E-state index < -0.39 is 0 Å². The molecular formula is C30H26ClNO4. The van der Waals surface area contributed by atoms with Crippen LogP contribution in [0.2, 0.25) is 5.02 Å². The Morgan fingerprint density at radius 1 is 0.750 bits per heavy atom. The molecule has 0 saturated carbocycles. The first kappa shape index (κ1) is 25.0. The SMILES string of the molecule is COC(=O)c1ccc(CN(CCc2ccc(Oc3cccc(Cl)c3)cc2)C(=O)c2ccccc2)cc1. The predicted octanol–water partition coefficient (Wildman–Crippen LogP) is 6.80. The standard InChI is InChI=1S/C30H26ClNO4/c1-35-30(34)25-14-10-23(11-15-25)21-32(29(33)24-6-3-2-4-7-24)19-18-22-12-16-27(17-13-22)36-28-9-5-8-26(31)20-28/h2-17,20H,18-19,21H2,1H3. The van der Waals surface area contributed by atoms with Gasteiger partial charge >= 0.3 is 5.97 Å². The van der Waals surface area contributed by atoms with Crippen molar-refractivity contribution in [3.05, 3.63) is 130 Å². The molecule has 182 valence electrons. The predicted molar refractivity (Wildman–Crippen MR) is 141 cm³/mol. The van der Waals surface area contributed by atoms with Crippen LogP contribution in [0.4, 0.5) is 0 Å². The fourth-order valence-electron chi connectivity index (χ4n) is 3.75. The van der Waals surface area contributed by atoms with Gasteiger partial charge in [0.1, 0.15) is 11.5 Å². The maximum absolute atomic E-state index is 13.3. The van der Waals surface area contributed by atoms with Crippen molar-refractivity contribution in [2.45, 2.75) is 13.0 Å². The molecule has 4 aromatic carbocycles. The van der Waals surface area contributed by atoms with Gasteiger partial charge in [-0.05, 0) is 72.1 Å². The number of esters is 1. The van der Waals surface area contributed by atoms with Crippen LogP contribution >= 0.6 is 11.6 Å². The van der Waals surface area contributed by atoms with Crippen molar-refractivity contribution < 1.29 is 19.1 Å². The van der Waals surface area contributed by atoms with E-state index in [0.717, 1.165) is 11.1 Å². The quantitative estimate of drug-likeness (QED) is 0.237. The Hall–Kier alpha value is -4.09. The minimum Gasteiger partial charge on any atom is -0.465 e. The Labute approximate surface area is 215 Å². The Bertz CT molecular complexity index is 1310. The van der Waals surface area contributed by atoms with Crippen LogP contribution < -0.4 is 4.74 Å². The van der Waals surface area contributed by atoms with E-state index in [4.69, 9.17) is 21.1 Å². The lowest BCUT2D eigenvalue weighted by Crippen LogP contribution is -2.32. The molecule has 0 fully saturated rings. The minimum atomic E-state index is -0.387. The van der Waals surface area contributed by atoms with Crippen molar-refractivity contribution in [2.24, 2.45) is 0 Å². The van der Waals surface area contributed by atoms with Gasteiger partial charge in [-0.2, -0.15) is 0 Å². The molecule has 0 aliphatic carbocycles. The van der Waals surface area contributed by atoms with Crippen molar-refractivity contribution in [1.82, 2.24) is 4.90 Å². The van der Waals surface area contributed by atoms with Gasteiger partial charge in [0.25, 0.3) is 5.91 Å². The lowest BCUT2D eigenvalue weighted by atomic mass is 10.1. The van der Waals surface area contributed by atoms with Gasteiger partial charge in [0.2, 0.25) is 0 Å². The summed E-state index contributed by atoms with van der Waals surface area (Å²) in [7, 11) is 1.35. The second kappa shape index (κ2) is 12.0. The fraction of sp³-hybridized carbons (Fsp3) is 0.133. The average molecular weight is 500 g/mol. The zero-order valence-electron chi connectivity index (χ0n) is 19.9. The summed E-state index contributed by atoms with van der Waals surface area (Å²) in [6.45, 7) is 0.951. The lowest BCUT2D eigenvalue weighted by molar-refractivity contribution is 0.0600. The maximum Gasteiger partial charge on any atom is 0.337 e. The third kappa shape index (κ3) is 6.74. The molecule has 0 radical (unpaired) electrons. The zero-order chi connectivity index (χ0) is 25.3. The summed E-state index contributed by atoms with van der Waals surface area (Å²) in [5, 5.41) is 0.618. The monoisotopic (exact) mass is 499 g/mol. The fourth-order valence-corrected chi connectivity index (χ4v) is 3.94. The van der Waals surface area contributed by atoms with Gasteiger partial charge in [0.05, 0.1) is 12.7 Å². The molecule has 4 rings (SSSR count). The number of nitrogens with zero attached hydrogens (tertiary/aromatic N) is 1. The lowest BCUT2D eigenvalue weighted by Gasteiger charge is -2.23. The van der Waals surface area contributed by atoms with Crippen LogP contribution in [0.15, 0.2) is 103 Å². The third-order valence-electron chi connectivity index (χ3n) is 5.68. The molecule has 0 heterocycles. The molecular weight excluding hydrogens is 474 g/mol. The first-order chi connectivity index (χ1) is 17.5. The van der Waals surface area contributed by atoms with Gasteiger partial charge in [0, 0.05) is 23.7 Å². The highest BCUT2D eigenvalue weighted by Gasteiger charge is 2.17. The van der Waals surface area contributed by atoms with Crippen LogP contribution in [-0.2, 0) is 17.7 Å². The van der Waals surface area contributed by atoms with E-state index in [-0.39, 0.29) is 11.9 Å². The number of benzene rings is 4. The maximum atomic E-state index is 13.3. The first-order valence-corrected chi connectivity index (χ1v) is 11.9. The third-order valence-corrected chi connectivity index (χ3v) is 5.92. The Morgan fingerprint density at radius 2 is 1.44 bits per heavy atom. The van der Waals surface area contributed by atoms with E-state index in [1.807, 2.05) is 83.8 Å². The molecule has 0 N–H and O–H groups in total. The van der Waals surface area contributed by atoms with E-state index in [1.165, 1.54) is 7.11 Å². The molecule has 0 aliphatic rings. The van der Waals surface area contributed by atoms with E-state index in [9.17, 15) is 9.59 Å². The molecule has 6 heteroatoms. The molecule has 5 nitrogen and oxygen atoms in total. The van der Waals surface area contributed by atoms with Gasteiger partial charge in [-0.25, -0.2) is 4.79 Å². The van der Waals surface area contributed by atoms with Crippen molar-refractivity contribution >= 4 is 23.5 Å². The normalized spacial score (nSPS) is 10.5. The summed E-state index contributed by atoms with van der Waals surface area (Å²) in [6, 6.07) is 31.4. The van der Waals surface area contributed by atoms with Gasteiger partial charge in [0.15, 0.2) is 0 Å². The average Bonchev–Trinajstić information content (AvgIpc) is 2.92. The molecule has 0 aliphatic heterocycles. The number of rotatable bonds is 9. The molecule has 36 heavy (non-hydrogen) atoms. The Morgan fingerprint density at radius 3 is 2.11 bits per heavy atom. The van der Waals surface area contributed by atoms with Crippen LogP contribution in [0.3, 0.4) is 0 Å². The number of ether oxygens (including phenoxy) is 2. The van der Waals surface area contributed by atoms with Crippen molar-refractivity contribution in [3.8, 4) is 11.5 Å². The number of halogens is 1. The van der Waals surface area contributed by atoms with Gasteiger partial charge < -0.3 is 14.4 Å². The van der Waals surface area contributed by atoms with Gasteiger partial charge in [-0.3, -0.25) is 4.79 Å². The minimum absolute atomic E-state index is 0.0476. The number of hydrogen-bond donors (Lipinski definition) is 0. The summed E-state index contributed by atoms with van der Waals surface area (Å²) in [5.41, 5.74) is 3.12. The Balaban J connectivity index is 1.45. The molecule has 0 bridgehead atoms. The van der Waals surface area contributed by atoms with E-state index in [1.54, 1.807) is 24.3 Å². The highest BCUT2D eigenvalue weighted by molar-refractivity contribution is 6.30. The molecule has 1 amide bonds. The molecule has 4 aromatic rings. The summed E-state index contributed by atoms with van der Waals surface area (Å²) in [5.74, 6) is 0.951. The Kier molecular flexibility index (Phi) is 8.37. The molecule has 0 spiro atoms. The van der Waals surface area contributed by atoms with Crippen LogP contribution in [0.1, 0.15) is 31.8 Å². The second-order valence-corrected chi connectivity index (χ2v) is 8.67. The van der Waals surface area contributed by atoms with Gasteiger partial charge in [-0.1, -0.05) is 60.1 Å². The molecule has 0 atom stereocenters. The summed E-state index contributed by atoms with van der Waals surface area (Å²) in [6.07, 6.45) is 0.677. The van der Waals surface area contributed by atoms with E-state index in [0.29, 0.717) is 47.2 Å². The summed E-state index contributed by atoms with van der Waals surface area (Å²) < 4.78 is 10.6. The molecule has 0 saturated heterocycles. The summed E-state index contributed by atoms with van der Waals surface area (Å²) >= 11 is 6.03. The number of carbonyl (C=O) groups is 2. The highest BCUT2D eigenvalue weighted by Crippen LogP contribution is 2.24. The van der Waals surface area contributed by atoms with Gasteiger partial charge in [-0.15, -0.1) is 0 Å². The van der Waals surface area contributed by atoms with Crippen LogP contribution in [-0.4, -0.2) is 30.4 Å². The molecule has 0 unspecified atom stereocenters.